The smallest absolute Gasteiger partial charge is 0.254 e. The largest absolute Gasteiger partial charge is 0.474 e. The number of hydrogen-bond acceptors (Lipinski definition) is 4. The van der Waals surface area contributed by atoms with Crippen LogP contribution in [0.1, 0.15) is 68.1 Å². The number of nitrogens with zero attached hydrogens (tertiary/aromatic N) is 2. The molecular formula is C21H31N3O2. The minimum atomic E-state index is 0.129. The first-order valence-electron chi connectivity index (χ1n) is 10.4. The number of amides is 1. The van der Waals surface area contributed by atoms with Crippen molar-refractivity contribution in [1.29, 1.82) is 0 Å². The van der Waals surface area contributed by atoms with Crippen LogP contribution in [-0.2, 0) is 0 Å². The molecule has 0 bridgehead atoms. The highest BCUT2D eigenvalue weighted by molar-refractivity contribution is 5.94. The van der Waals surface area contributed by atoms with Gasteiger partial charge >= 0.3 is 0 Å². The molecule has 4 rings (SSSR count). The third-order valence-electron chi connectivity index (χ3n) is 6.60. The first-order chi connectivity index (χ1) is 12.7. The van der Waals surface area contributed by atoms with Crippen LogP contribution in [0, 0.1) is 5.41 Å². The van der Waals surface area contributed by atoms with E-state index < -0.39 is 0 Å². The molecule has 1 spiro atoms. The van der Waals surface area contributed by atoms with Gasteiger partial charge in [-0.25, -0.2) is 4.98 Å². The summed E-state index contributed by atoms with van der Waals surface area (Å²) in [7, 11) is 0. The predicted octanol–water partition coefficient (Wildman–Crippen LogP) is 3.40. The van der Waals surface area contributed by atoms with Gasteiger partial charge in [0.05, 0.1) is 0 Å². The number of hydrogen-bond donors (Lipinski definition) is 1. The second-order valence-corrected chi connectivity index (χ2v) is 8.30. The van der Waals surface area contributed by atoms with Gasteiger partial charge in [0, 0.05) is 30.9 Å². The molecule has 2 aliphatic heterocycles. The molecule has 0 unspecified atom stereocenters. The Bertz CT molecular complexity index is 611. The minimum absolute atomic E-state index is 0.129. The van der Waals surface area contributed by atoms with Crippen molar-refractivity contribution in [3.05, 3.63) is 23.9 Å². The van der Waals surface area contributed by atoms with Crippen LogP contribution in [0.3, 0.4) is 0 Å². The Hall–Kier alpha value is -1.62. The number of aromatic nitrogens is 1. The molecule has 142 valence electrons. The molecule has 2 saturated heterocycles. The summed E-state index contributed by atoms with van der Waals surface area (Å²) in [5.74, 6) is 0.735. The van der Waals surface area contributed by atoms with E-state index in [1.807, 2.05) is 17.0 Å². The van der Waals surface area contributed by atoms with E-state index in [0.717, 1.165) is 51.9 Å². The minimum Gasteiger partial charge on any atom is -0.474 e. The van der Waals surface area contributed by atoms with Crippen LogP contribution in [0.15, 0.2) is 18.3 Å². The summed E-state index contributed by atoms with van der Waals surface area (Å²) >= 11 is 0. The Morgan fingerprint density at radius 3 is 2.58 bits per heavy atom. The van der Waals surface area contributed by atoms with Gasteiger partial charge in [0.2, 0.25) is 5.88 Å². The summed E-state index contributed by atoms with van der Waals surface area (Å²) in [6.45, 7) is 4.00. The molecule has 5 heteroatoms. The average Bonchev–Trinajstić information content (AvgIpc) is 2.70. The molecule has 0 aromatic carbocycles. The standard InChI is InChI=1S/C21H31N3O2/c25-20(24-14-9-21(10-15-24)7-12-22-13-8-21)17-6-11-23-19(16-17)26-18-4-2-1-3-5-18/h6,11,16,18,22H,1-5,7-10,12-15H2. The molecule has 3 fully saturated rings. The summed E-state index contributed by atoms with van der Waals surface area (Å²) < 4.78 is 6.03. The van der Waals surface area contributed by atoms with Crippen molar-refractivity contribution >= 4 is 5.91 Å². The lowest BCUT2D eigenvalue weighted by Crippen LogP contribution is -2.47. The van der Waals surface area contributed by atoms with E-state index in [9.17, 15) is 4.79 Å². The quantitative estimate of drug-likeness (QED) is 0.901. The first kappa shape index (κ1) is 17.8. The maximum Gasteiger partial charge on any atom is 0.254 e. The number of carbonyl (C=O) groups excluding carboxylic acids is 1. The van der Waals surface area contributed by atoms with Crippen LogP contribution in [0.4, 0.5) is 0 Å². The third-order valence-corrected chi connectivity index (χ3v) is 6.60. The molecule has 3 aliphatic rings. The second-order valence-electron chi connectivity index (χ2n) is 8.30. The van der Waals surface area contributed by atoms with E-state index in [4.69, 9.17) is 4.74 Å². The molecule has 1 aromatic heterocycles. The van der Waals surface area contributed by atoms with Crippen LogP contribution < -0.4 is 10.1 Å². The summed E-state index contributed by atoms with van der Waals surface area (Å²) in [5.41, 5.74) is 1.18. The maximum atomic E-state index is 12.9. The zero-order chi connectivity index (χ0) is 17.8. The van der Waals surface area contributed by atoms with Crippen LogP contribution in [0.25, 0.3) is 0 Å². The SMILES string of the molecule is O=C(c1ccnc(OC2CCCCC2)c1)N1CCC2(CCNCC2)CC1. The Balaban J connectivity index is 1.36. The van der Waals surface area contributed by atoms with Crippen molar-refractivity contribution in [3.63, 3.8) is 0 Å². The van der Waals surface area contributed by atoms with Gasteiger partial charge in [-0.2, -0.15) is 0 Å². The molecule has 1 N–H and O–H groups in total. The van der Waals surface area contributed by atoms with E-state index >= 15 is 0 Å². The van der Waals surface area contributed by atoms with Gasteiger partial charge in [-0.15, -0.1) is 0 Å². The van der Waals surface area contributed by atoms with Crippen molar-refractivity contribution in [2.24, 2.45) is 5.41 Å². The van der Waals surface area contributed by atoms with Crippen molar-refractivity contribution in [2.75, 3.05) is 26.2 Å². The summed E-state index contributed by atoms with van der Waals surface area (Å²) in [6.07, 6.45) is 12.7. The molecule has 1 aromatic rings. The lowest BCUT2D eigenvalue weighted by atomic mass is 9.71. The van der Waals surface area contributed by atoms with Gasteiger partial charge in [-0.3, -0.25) is 4.79 Å². The number of rotatable bonds is 3. The molecule has 3 heterocycles. The van der Waals surface area contributed by atoms with E-state index in [-0.39, 0.29) is 12.0 Å². The van der Waals surface area contributed by atoms with Crippen molar-refractivity contribution in [1.82, 2.24) is 15.2 Å². The van der Waals surface area contributed by atoms with Crippen molar-refractivity contribution in [2.45, 2.75) is 63.9 Å². The molecule has 0 radical (unpaired) electrons. The van der Waals surface area contributed by atoms with Gasteiger partial charge in [-0.05, 0) is 75.9 Å². The van der Waals surface area contributed by atoms with Crippen LogP contribution in [-0.4, -0.2) is 48.1 Å². The van der Waals surface area contributed by atoms with Gasteiger partial charge in [0.15, 0.2) is 0 Å². The first-order valence-corrected chi connectivity index (χ1v) is 10.4. The molecule has 1 saturated carbocycles. The van der Waals surface area contributed by atoms with Gasteiger partial charge in [0.25, 0.3) is 5.91 Å². The Morgan fingerprint density at radius 2 is 1.85 bits per heavy atom. The Morgan fingerprint density at radius 1 is 1.12 bits per heavy atom. The second kappa shape index (κ2) is 7.95. The van der Waals surface area contributed by atoms with Crippen LogP contribution in [0.5, 0.6) is 5.88 Å². The normalized spacial score (nSPS) is 23.8. The number of pyridine rings is 1. The Labute approximate surface area is 156 Å². The Kier molecular flexibility index (Phi) is 5.44. The van der Waals surface area contributed by atoms with E-state index in [2.05, 4.69) is 10.3 Å². The third kappa shape index (κ3) is 4.03. The number of carbonyl (C=O) groups is 1. The molecule has 1 aliphatic carbocycles. The monoisotopic (exact) mass is 357 g/mol. The number of ether oxygens (including phenoxy) is 1. The molecule has 1 amide bonds. The van der Waals surface area contributed by atoms with Crippen LogP contribution in [0.2, 0.25) is 0 Å². The number of nitrogens with one attached hydrogen (secondary N) is 1. The predicted molar refractivity (Wildman–Crippen MR) is 101 cm³/mol. The van der Waals surface area contributed by atoms with Gasteiger partial charge < -0.3 is 15.0 Å². The molecule has 0 atom stereocenters. The zero-order valence-electron chi connectivity index (χ0n) is 15.7. The maximum absolute atomic E-state index is 12.9. The van der Waals surface area contributed by atoms with E-state index in [1.165, 1.54) is 32.1 Å². The average molecular weight is 357 g/mol. The molecule has 5 nitrogen and oxygen atoms in total. The van der Waals surface area contributed by atoms with Crippen LogP contribution >= 0.6 is 0 Å². The van der Waals surface area contributed by atoms with E-state index in [0.29, 0.717) is 16.9 Å². The summed E-state index contributed by atoms with van der Waals surface area (Å²) in [5, 5.41) is 3.45. The van der Waals surface area contributed by atoms with Gasteiger partial charge in [-0.1, -0.05) is 6.42 Å². The highest BCUT2D eigenvalue weighted by Gasteiger charge is 2.36. The van der Waals surface area contributed by atoms with Crippen molar-refractivity contribution < 1.29 is 9.53 Å². The lowest BCUT2D eigenvalue weighted by molar-refractivity contribution is 0.0494. The topological polar surface area (TPSA) is 54.5 Å². The fourth-order valence-corrected chi connectivity index (χ4v) is 4.78. The number of likely N-dealkylation sites (tertiary alicyclic amines) is 1. The molecule has 26 heavy (non-hydrogen) atoms. The van der Waals surface area contributed by atoms with Crippen molar-refractivity contribution in [3.8, 4) is 5.88 Å². The summed E-state index contributed by atoms with van der Waals surface area (Å²) in [6, 6.07) is 3.66. The fraction of sp³-hybridized carbons (Fsp3) is 0.714. The fourth-order valence-electron chi connectivity index (χ4n) is 4.78. The highest BCUT2D eigenvalue weighted by Crippen LogP contribution is 2.39. The highest BCUT2D eigenvalue weighted by atomic mass is 16.5. The number of piperidine rings is 2. The van der Waals surface area contributed by atoms with Gasteiger partial charge in [0.1, 0.15) is 6.10 Å². The zero-order valence-corrected chi connectivity index (χ0v) is 15.7. The van der Waals surface area contributed by atoms with E-state index in [1.54, 1.807) is 6.20 Å². The molecular weight excluding hydrogens is 326 g/mol. The lowest BCUT2D eigenvalue weighted by Gasteiger charge is -2.44. The summed E-state index contributed by atoms with van der Waals surface area (Å²) in [4.78, 5) is 19.3.